The van der Waals surface area contributed by atoms with E-state index in [0.717, 1.165) is 0 Å². The molecule has 6 nitrogen and oxygen atoms in total. The zero-order valence-electron chi connectivity index (χ0n) is 15.1. The number of para-hydroxylation sites is 1. The molecule has 0 radical (unpaired) electrons. The first-order valence-corrected chi connectivity index (χ1v) is 10.9. The highest BCUT2D eigenvalue weighted by Crippen LogP contribution is 2.30. The van der Waals surface area contributed by atoms with Gasteiger partial charge in [0.2, 0.25) is 10.0 Å². The fraction of sp³-hybridized carbons (Fsp3) is 0.278. The molecule has 0 fully saturated rings. The Balaban J connectivity index is 2.02. The predicted molar refractivity (Wildman–Crippen MR) is 112 cm³/mol. The van der Waals surface area contributed by atoms with Crippen LogP contribution in [0.1, 0.15) is 13.8 Å². The van der Waals surface area contributed by atoms with Gasteiger partial charge in [0.25, 0.3) is 5.91 Å². The first-order valence-electron chi connectivity index (χ1n) is 8.26. The van der Waals surface area contributed by atoms with Gasteiger partial charge in [-0.2, -0.15) is 0 Å². The van der Waals surface area contributed by atoms with E-state index < -0.39 is 15.9 Å². The summed E-state index contributed by atoms with van der Waals surface area (Å²) >= 11 is 18.1. The normalized spacial score (nSPS) is 11.5. The molecule has 0 aliphatic rings. The summed E-state index contributed by atoms with van der Waals surface area (Å²) < 4.78 is 32.3. The molecule has 10 heteroatoms. The maximum absolute atomic E-state index is 12.2. The third-order valence-electron chi connectivity index (χ3n) is 3.48. The number of sulfonamides is 1. The number of anilines is 1. The molecule has 0 saturated heterocycles. The fourth-order valence-electron chi connectivity index (χ4n) is 2.06. The van der Waals surface area contributed by atoms with Crippen LogP contribution in [0.2, 0.25) is 15.1 Å². The van der Waals surface area contributed by atoms with Crippen molar-refractivity contribution < 1.29 is 17.9 Å². The summed E-state index contributed by atoms with van der Waals surface area (Å²) in [5.74, 6) is -0.163. The average Bonchev–Trinajstić information content (AvgIpc) is 2.62. The van der Waals surface area contributed by atoms with Gasteiger partial charge in [0.15, 0.2) is 6.61 Å². The van der Waals surface area contributed by atoms with Crippen LogP contribution in [0, 0.1) is 5.92 Å². The van der Waals surface area contributed by atoms with Crippen molar-refractivity contribution in [3.63, 3.8) is 0 Å². The molecule has 0 spiro atoms. The summed E-state index contributed by atoms with van der Waals surface area (Å²) in [6.07, 6.45) is 0. The largest absolute Gasteiger partial charge is 0.482 e. The van der Waals surface area contributed by atoms with Crippen LogP contribution < -0.4 is 14.8 Å². The Hall–Kier alpha value is -1.51. The second-order valence-corrected chi connectivity index (χ2v) is 9.26. The van der Waals surface area contributed by atoms with Crippen molar-refractivity contribution in [2.24, 2.45) is 5.92 Å². The molecule has 0 saturated carbocycles. The number of amides is 1. The quantitative estimate of drug-likeness (QED) is 0.597. The number of carbonyl (C=O) groups is 1. The second-order valence-electron chi connectivity index (χ2n) is 6.27. The van der Waals surface area contributed by atoms with Crippen LogP contribution in [0.4, 0.5) is 5.69 Å². The molecule has 2 rings (SSSR count). The lowest BCUT2D eigenvalue weighted by molar-refractivity contribution is -0.118. The van der Waals surface area contributed by atoms with Crippen molar-refractivity contribution >= 4 is 56.4 Å². The van der Waals surface area contributed by atoms with Crippen LogP contribution in [0.5, 0.6) is 5.75 Å². The Bertz CT molecular complexity index is 945. The van der Waals surface area contributed by atoms with Crippen LogP contribution in [0.3, 0.4) is 0 Å². The number of halogens is 3. The number of nitrogens with one attached hydrogen (secondary N) is 2. The molecular weight excluding hydrogens is 447 g/mol. The van der Waals surface area contributed by atoms with Gasteiger partial charge in [-0.1, -0.05) is 54.7 Å². The highest BCUT2D eigenvalue weighted by molar-refractivity contribution is 7.89. The van der Waals surface area contributed by atoms with Crippen molar-refractivity contribution in [3.8, 4) is 5.75 Å². The van der Waals surface area contributed by atoms with Crippen LogP contribution in [-0.2, 0) is 14.8 Å². The van der Waals surface area contributed by atoms with E-state index in [2.05, 4.69) is 10.0 Å². The van der Waals surface area contributed by atoms with Gasteiger partial charge in [0.05, 0.1) is 25.7 Å². The van der Waals surface area contributed by atoms with Gasteiger partial charge in [-0.3, -0.25) is 4.79 Å². The third kappa shape index (κ3) is 6.25. The molecule has 0 aliphatic carbocycles. The van der Waals surface area contributed by atoms with Crippen molar-refractivity contribution in [2.45, 2.75) is 18.7 Å². The first kappa shape index (κ1) is 22.8. The van der Waals surface area contributed by atoms with Crippen LogP contribution in [0.25, 0.3) is 0 Å². The molecule has 0 aromatic heterocycles. The number of benzene rings is 2. The molecular formula is C18H19Cl3N2O4S. The monoisotopic (exact) mass is 464 g/mol. The van der Waals surface area contributed by atoms with E-state index in [9.17, 15) is 13.2 Å². The summed E-state index contributed by atoms with van der Waals surface area (Å²) in [5.41, 5.74) is 0.281. The Morgan fingerprint density at radius 3 is 2.29 bits per heavy atom. The molecule has 28 heavy (non-hydrogen) atoms. The number of carbonyl (C=O) groups excluding carboxylic acids is 1. The minimum absolute atomic E-state index is 0.0119. The second kappa shape index (κ2) is 9.80. The van der Waals surface area contributed by atoms with Gasteiger partial charge in [0.1, 0.15) is 5.75 Å². The van der Waals surface area contributed by atoms with Gasteiger partial charge in [-0.05, 0) is 36.2 Å². The SMILES string of the molecule is CC(C)CNS(=O)(=O)c1ccc(OCC(=O)Nc2c(Cl)cccc2Cl)c(Cl)c1. The fourth-order valence-corrected chi connectivity index (χ4v) is 4.09. The van der Waals surface area contributed by atoms with E-state index in [-0.39, 0.29) is 33.9 Å². The summed E-state index contributed by atoms with van der Waals surface area (Å²) in [7, 11) is -3.67. The summed E-state index contributed by atoms with van der Waals surface area (Å²) in [6.45, 7) is 3.74. The predicted octanol–water partition coefficient (Wildman–Crippen LogP) is 4.60. The van der Waals surface area contributed by atoms with Gasteiger partial charge < -0.3 is 10.1 Å². The van der Waals surface area contributed by atoms with E-state index in [0.29, 0.717) is 16.6 Å². The van der Waals surface area contributed by atoms with Crippen LogP contribution in [-0.4, -0.2) is 27.5 Å². The molecule has 0 heterocycles. The van der Waals surface area contributed by atoms with Crippen molar-refractivity contribution in [2.75, 3.05) is 18.5 Å². The zero-order chi connectivity index (χ0) is 20.9. The number of hydrogen-bond acceptors (Lipinski definition) is 4. The zero-order valence-corrected chi connectivity index (χ0v) is 18.2. The van der Waals surface area contributed by atoms with Crippen molar-refractivity contribution in [1.29, 1.82) is 0 Å². The Morgan fingerprint density at radius 2 is 1.71 bits per heavy atom. The maximum atomic E-state index is 12.2. The molecule has 2 aromatic rings. The van der Waals surface area contributed by atoms with E-state index in [4.69, 9.17) is 39.5 Å². The molecule has 152 valence electrons. The maximum Gasteiger partial charge on any atom is 0.262 e. The lowest BCUT2D eigenvalue weighted by Gasteiger charge is -2.12. The smallest absolute Gasteiger partial charge is 0.262 e. The number of rotatable bonds is 8. The minimum Gasteiger partial charge on any atom is -0.482 e. The van der Waals surface area contributed by atoms with E-state index in [1.165, 1.54) is 18.2 Å². The lowest BCUT2D eigenvalue weighted by atomic mass is 10.2. The molecule has 0 unspecified atom stereocenters. The topological polar surface area (TPSA) is 84.5 Å². The standard InChI is InChI=1S/C18H19Cl3N2O4S/c1-11(2)9-22-28(25,26)12-6-7-16(15(21)8-12)27-10-17(24)23-18-13(19)4-3-5-14(18)20/h3-8,11,22H,9-10H2,1-2H3,(H,23,24). The highest BCUT2D eigenvalue weighted by atomic mass is 35.5. The lowest BCUT2D eigenvalue weighted by Crippen LogP contribution is -2.27. The number of hydrogen-bond donors (Lipinski definition) is 2. The van der Waals surface area contributed by atoms with Gasteiger partial charge >= 0.3 is 0 Å². The molecule has 0 bridgehead atoms. The highest BCUT2D eigenvalue weighted by Gasteiger charge is 2.17. The van der Waals surface area contributed by atoms with Crippen LogP contribution in [0.15, 0.2) is 41.3 Å². The van der Waals surface area contributed by atoms with Gasteiger partial charge in [-0.15, -0.1) is 0 Å². The molecule has 2 aromatic carbocycles. The molecule has 0 atom stereocenters. The average molecular weight is 466 g/mol. The Morgan fingerprint density at radius 1 is 1.07 bits per heavy atom. The summed E-state index contributed by atoms with van der Waals surface area (Å²) in [6, 6.07) is 8.85. The Kier molecular flexibility index (Phi) is 7.97. The van der Waals surface area contributed by atoms with E-state index >= 15 is 0 Å². The molecule has 0 aliphatic heterocycles. The van der Waals surface area contributed by atoms with Crippen molar-refractivity contribution in [3.05, 3.63) is 51.5 Å². The third-order valence-corrected chi connectivity index (χ3v) is 5.83. The van der Waals surface area contributed by atoms with Crippen molar-refractivity contribution in [1.82, 2.24) is 4.72 Å². The minimum atomic E-state index is -3.67. The summed E-state index contributed by atoms with van der Waals surface area (Å²) in [4.78, 5) is 12.1. The van der Waals surface area contributed by atoms with Crippen LogP contribution >= 0.6 is 34.8 Å². The molecule has 1 amide bonds. The summed E-state index contributed by atoms with van der Waals surface area (Å²) in [5, 5.41) is 3.21. The van der Waals surface area contributed by atoms with E-state index in [1.54, 1.807) is 18.2 Å². The van der Waals surface area contributed by atoms with Gasteiger partial charge in [0, 0.05) is 6.54 Å². The number of ether oxygens (including phenoxy) is 1. The van der Waals surface area contributed by atoms with Gasteiger partial charge in [-0.25, -0.2) is 13.1 Å². The van der Waals surface area contributed by atoms with E-state index in [1.807, 2.05) is 13.8 Å². The molecule has 2 N–H and O–H groups in total. The Labute approximate surface area is 179 Å². The first-order chi connectivity index (χ1) is 13.1.